The molecule has 2 aliphatic heterocycles. The van der Waals surface area contributed by atoms with Crippen LogP contribution < -0.4 is 0 Å². The molecule has 0 spiro atoms. The molecule has 2 saturated heterocycles. The molecule has 3 heterocycles. The van der Waals surface area contributed by atoms with Crippen molar-refractivity contribution < 1.29 is 4.74 Å². The summed E-state index contributed by atoms with van der Waals surface area (Å²) >= 11 is 0. The monoisotopic (exact) mass is 207 g/mol. The maximum Gasteiger partial charge on any atom is 0.0772 e. The molecule has 0 N–H and O–H groups in total. The molecule has 1 aromatic rings. The van der Waals surface area contributed by atoms with Crippen molar-refractivity contribution in [1.82, 2.24) is 14.7 Å². The van der Waals surface area contributed by atoms with E-state index < -0.39 is 0 Å². The molecule has 2 aliphatic rings. The van der Waals surface area contributed by atoms with Crippen molar-refractivity contribution >= 4 is 0 Å². The van der Waals surface area contributed by atoms with Crippen LogP contribution in [0.25, 0.3) is 0 Å². The SMILES string of the molecule is c1cnn(C2CN(CC3CCCO3)C2)c1. The third-order valence-corrected chi connectivity index (χ3v) is 3.32. The first-order chi connectivity index (χ1) is 7.42. The van der Waals surface area contributed by atoms with Crippen molar-refractivity contribution in [2.75, 3.05) is 26.2 Å². The highest BCUT2D eigenvalue weighted by Gasteiger charge is 2.31. The predicted molar refractivity (Wildman–Crippen MR) is 56.7 cm³/mol. The van der Waals surface area contributed by atoms with Crippen LogP contribution in [0.15, 0.2) is 18.5 Å². The Kier molecular flexibility index (Phi) is 2.46. The molecule has 0 aromatic carbocycles. The van der Waals surface area contributed by atoms with Crippen molar-refractivity contribution in [2.45, 2.75) is 25.0 Å². The molecule has 0 amide bonds. The fourth-order valence-corrected chi connectivity index (χ4v) is 2.43. The summed E-state index contributed by atoms with van der Waals surface area (Å²) in [6, 6.07) is 2.57. The average Bonchev–Trinajstić information content (AvgIpc) is 2.83. The van der Waals surface area contributed by atoms with Crippen LogP contribution in [0.3, 0.4) is 0 Å². The van der Waals surface area contributed by atoms with E-state index in [9.17, 15) is 0 Å². The van der Waals surface area contributed by atoms with Crippen molar-refractivity contribution in [3.63, 3.8) is 0 Å². The first-order valence-electron chi connectivity index (χ1n) is 5.75. The normalized spacial score (nSPS) is 28.1. The van der Waals surface area contributed by atoms with Gasteiger partial charge in [-0.25, -0.2) is 0 Å². The summed E-state index contributed by atoms with van der Waals surface area (Å²) in [7, 11) is 0. The molecule has 4 nitrogen and oxygen atoms in total. The fraction of sp³-hybridized carbons (Fsp3) is 0.727. The predicted octanol–water partition coefficient (Wildman–Crippen LogP) is 0.919. The zero-order valence-electron chi connectivity index (χ0n) is 8.88. The van der Waals surface area contributed by atoms with E-state index in [1.165, 1.54) is 12.8 Å². The minimum Gasteiger partial charge on any atom is -0.377 e. The molecule has 0 bridgehead atoms. The van der Waals surface area contributed by atoms with Gasteiger partial charge in [0.05, 0.1) is 12.1 Å². The molecule has 0 aliphatic carbocycles. The van der Waals surface area contributed by atoms with Gasteiger partial charge < -0.3 is 4.74 Å². The maximum atomic E-state index is 5.62. The zero-order valence-corrected chi connectivity index (χ0v) is 8.88. The van der Waals surface area contributed by atoms with E-state index in [-0.39, 0.29) is 0 Å². The number of nitrogens with zero attached hydrogens (tertiary/aromatic N) is 3. The largest absolute Gasteiger partial charge is 0.377 e. The highest BCUT2D eigenvalue weighted by molar-refractivity contribution is 4.90. The Balaban J connectivity index is 1.45. The Hall–Kier alpha value is -0.870. The number of hydrogen-bond acceptors (Lipinski definition) is 3. The fourth-order valence-electron chi connectivity index (χ4n) is 2.43. The lowest BCUT2D eigenvalue weighted by molar-refractivity contribution is 0.0247. The molecule has 0 saturated carbocycles. The Morgan fingerprint density at radius 3 is 3.00 bits per heavy atom. The molecule has 15 heavy (non-hydrogen) atoms. The smallest absolute Gasteiger partial charge is 0.0772 e. The van der Waals surface area contributed by atoms with Crippen LogP contribution in [-0.4, -0.2) is 47.0 Å². The lowest BCUT2D eigenvalue weighted by atomic mass is 10.1. The van der Waals surface area contributed by atoms with E-state index >= 15 is 0 Å². The van der Waals surface area contributed by atoms with Gasteiger partial charge in [-0.15, -0.1) is 0 Å². The number of ether oxygens (including phenoxy) is 1. The molecule has 0 radical (unpaired) electrons. The van der Waals surface area contributed by atoms with Crippen LogP contribution in [-0.2, 0) is 4.74 Å². The summed E-state index contributed by atoms with van der Waals surface area (Å²) in [6.07, 6.45) is 6.87. The number of rotatable bonds is 3. The van der Waals surface area contributed by atoms with Gasteiger partial charge in [0.15, 0.2) is 0 Å². The van der Waals surface area contributed by atoms with Crippen molar-refractivity contribution in [1.29, 1.82) is 0 Å². The minimum atomic E-state index is 0.489. The second-order valence-corrected chi connectivity index (χ2v) is 4.49. The van der Waals surface area contributed by atoms with Gasteiger partial charge in [-0.3, -0.25) is 9.58 Å². The van der Waals surface area contributed by atoms with Crippen molar-refractivity contribution in [3.8, 4) is 0 Å². The molecular weight excluding hydrogens is 190 g/mol. The lowest BCUT2D eigenvalue weighted by Gasteiger charge is -2.40. The van der Waals surface area contributed by atoms with Crippen LogP contribution in [0.2, 0.25) is 0 Å². The molecule has 1 aromatic heterocycles. The van der Waals surface area contributed by atoms with Crippen LogP contribution in [0.1, 0.15) is 18.9 Å². The number of likely N-dealkylation sites (tertiary alicyclic amines) is 1. The van der Waals surface area contributed by atoms with E-state index in [0.29, 0.717) is 12.1 Å². The summed E-state index contributed by atoms with van der Waals surface area (Å²) in [5.41, 5.74) is 0. The first-order valence-corrected chi connectivity index (χ1v) is 5.75. The number of hydrogen-bond donors (Lipinski definition) is 0. The van der Waals surface area contributed by atoms with Crippen LogP contribution in [0.4, 0.5) is 0 Å². The zero-order chi connectivity index (χ0) is 10.1. The quantitative estimate of drug-likeness (QED) is 0.738. The second-order valence-electron chi connectivity index (χ2n) is 4.49. The van der Waals surface area contributed by atoms with Crippen LogP contribution in [0.5, 0.6) is 0 Å². The van der Waals surface area contributed by atoms with Crippen molar-refractivity contribution in [2.24, 2.45) is 0 Å². The molecule has 3 rings (SSSR count). The van der Waals surface area contributed by atoms with E-state index in [2.05, 4.69) is 14.7 Å². The molecule has 4 heteroatoms. The van der Waals surface area contributed by atoms with E-state index in [0.717, 1.165) is 26.2 Å². The summed E-state index contributed by atoms with van der Waals surface area (Å²) in [5, 5.41) is 4.26. The van der Waals surface area contributed by atoms with E-state index in [1.54, 1.807) is 0 Å². The van der Waals surface area contributed by atoms with Crippen LogP contribution in [0, 0.1) is 0 Å². The third-order valence-electron chi connectivity index (χ3n) is 3.32. The van der Waals surface area contributed by atoms with Gasteiger partial charge in [-0.1, -0.05) is 0 Å². The minimum absolute atomic E-state index is 0.489. The summed E-state index contributed by atoms with van der Waals surface area (Å²) < 4.78 is 7.68. The maximum absolute atomic E-state index is 5.62. The number of aromatic nitrogens is 2. The standard InChI is InChI=1S/C11H17N3O/c1-3-11(15-6-1)9-13-7-10(8-13)14-5-2-4-12-14/h2,4-5,10-11H,1,3,6-9H2. The first kappa shape index (κ1) is 9.36. The summed E-state index contributed by atoms with van der Waals surface area (Å²) in [6.45, 7) is 4.32. The van der Waals surface area contributed by atoms with Gasteiger partial charge in [0, 0.05) is 38.6 Å². The van der Waals surface area contributed by atoms with E-state index in [1.807, 2.05) is 18.5 Å². The van der Waals surface area contributed by atoms with Gasteiger partial charge in [0.25, 0.3) is 0 Å². The lowest BCUT2D eigenvalue weighted by Crippen LogP contribution is -2.50. The molecule has 82 valence electrons. The average molecular weight is 207 g/mol. The summed E-state index contributed by atoms with van der Waals surface area (Å²) in [5.74, 6) is 0. The topological polar surface area (TPSA) is 30.3 Å². The molecule has 1 unspecified atom stereocenters. The molecule has 1 atom stereocenters. The van der Waals surface area contributed by atoms with Gasteiger partial charge in [-0.2, -0.15) is 5.10 Å². The molecule has 2 fully saturated rings. The van der Waals surface area contributed by atoms with Crippen LogP contribution >= 0.6 is 0 Å². The van der Waals surface area contributed by atoms with E-state index in [4.69, 9.17) is 4.74 Å². The Bertz CT molecular complexity index is 300. The van der Waals surface area contributed by atoms with Crippen molar-refractivity contribution in [3.05, 3.63) is 18.5 Å². The van der Waals surface area contributed by atoms with Gasteiger partial charge in [0.1, 0.15) is 0 Å². The Morgan fingerprint density at radius 2 is 2.33 bits per heavy atom. The second kappa shape index (κ2) is 3.94. The highest BCUT2D eigenvalue weighted by atomic mass is 16.5. The highest BCUT2D eigenvalue weighted by Crippen LogP contribution is 2.22. The van der Waals surface area contributed by atoms with Gasteiger partial charge in [0.2, 0.25) is 0 Å². The Morgan fingerprint density at radius 1 is 1.40 bits per heavy atom. The Labute approximate surface area is 89.8 Å². The van der Waals surface area contributed by atoms with Gasteiger partial charge in [-0.05, 0) is 18.9 Å². The molecular formula is C11H17N3O. The summed E-state index contributed by atoms with van der Waals surface area (Å²) in [4.78, 5) is 2.46. The third kappa shape index (κ3) is 1.92. The van der Waals surface area contributed by atoms with Gasteiger partial charge >= 0.3 is 0 Å².